The molecule has 0 aliphatic heterocycles. The Balaban J connectivity index is 2.14. The van der Waals surface area contributed by atoms with Crippen LogP contribution in [0.5, 0.6) is 0 Å². The van der Waals surface area contributed by atoms with Crippen LogP contribution < -0.4 is 5.32 Å². The largest absolute Gasteiger partial charge is 0.356 e. The summed E-state index contributed by atoms with van der Waals surface area (Å²) in [4.78, 5) is 5.82. The number of hydrogen-bond donors (Lipinski definition) is 1. The molecule has 17 heavy (non-hydrogen) atoms. The molecule has 1 N–H and O–H groups in total. The van der Waals surface area contributed by atoms with E-state index in [2.05, 4.69) is 55.4 Å². The van der Waals surface area contributed by atoms with Gasteiger partial charge >= 0.3 is 0 Å². The van der Waals surface area contributed by atoms with Crippen molar-refractivity contribution < 1.29 is 0 Å². The highest BCUT2D eigenvalue weighted by molar-refractivity contribution is 9.10. The van der Waals surface area contributed by atoms with Crippen LogP contribution in [0, 0.1) is 6.92 Å². The molecular formula is C12H16BrN3S. The SMILES string of the molecule is CCCNc1nc(C)cn1Cc1cc(Br)cs1. The summed E-state index contributed by atoms with van der Waals surface area (Å²) in [7, 11) is 0. The van der Waals surface area contributed by atoms with Gasteiger partial charge in [0.2, 0.25) is 5.95 Å². The lowest BCUT2D eigenvalue weighted by Crippen LogP contribution is -2.08. The Labute approximate surface area is 114 Å². The van der Waals surface area contributed by atoms with Crippen LogP contribution in [0.25, 0.3) is 0 Å². The second kappa shape index (κ2) is 5.69. The van der Waals surface area contributed by atoms with Crippen molar-refractivity contribution in [2.75, 3.05) is 11.9 Å². The van der Waals surface area contributed by atoms with Crippen molar-refractivity contribution in [1.82, 2.24) is 9.55 Å². The minimum absolute atomic E-state index is 0.878. The third-order valence-corrected chi connectivity index (χ3v) is 4.06. The van der Waals surface area contributed by atoms with Gasteiger partial charge in [-0.05, 0) is 35.3 Å². The van der Waals surface area contributed by atoms with Gasteiger partial charge in [-0.1, -0.05) is 6.92 Å². The number of imidazole rings is 1. The molecule has 0 atom stereocenters. The van der Waals surface area contributed by atoms with Crippen molar-refractivity contribution in [3.63, 3.8) is 0 Å². The van der Waals surface area contributed by atoms with Crippen molar-refractivity contribution in [3.8, 4) is 0 Å². The third kappa shape index (κ3) is 3.33. The van der Waals surface area contributed by atoms with Gasteiger partial charge in [0.15, 0.2) is 0 Å². The molecule has 2 aromatic heterocycles. The number of anilines is 1. The Kier molecular flexibility index (Phi) is 4.23. The molecule has 0 saturated heterocycles. The van der Waals surface area contributed by atoms with Gasteiger partial charge in [-0.2, -0.15) is 0 Å². The summed E-state index contributed by atoms with van der Waals surface area (Å²) in [6, 6.07) is 2.16. The summed E-state index contributed by atoms with van der Waals surface area (Å²) >= 11 is 5.24. The van der Waals surface area contributed by atoms with Crippen LogP contribution in [0.15, 0.2) is 22.1 Å². The zero-order valence-electron chi connectivity index (χ0n) is 10.0. The predicted molar refractivity (Wildman–Crippen MR) is 76.9 cm³/mol. The van der Waals surface area contributed by atoms with Crippen LogP contribution in [0.4, 0.5) is 5.95 Å². The number of thiophene rings is 1. The lowest BCUT2D eigenvalue weighted by Gasteiger charge is -2.07. The number of hydrogen-bond acceptors (Lipinski definition) is 3. The molecule has 0 spiro atoms. The average molecular weight is 314 g/mol. The average Bonchev–Trinajstić information content (AvgIpc) is 2.83. The Morgan fingerprint density at radius 3 is 3.00 bits per heavy atom. The van der Waals surface area contributed by atoms with E-state index in [1.54, 1.807) is 11.3 Å². The molecule has 2 aromatic rings. The van der Waals surface area contributed by atoms with Crippen molar-refractivity contribution in [1.29, 1.82) is 0 Å². The minimum Gasteiger partial charge on any atom is -0.356 e. The molecule has 0 unspecified atom stereocenters. The number of aryl methyl sites for hydroxylation is 1. The first-order chi connectivity index (χ1) is 8.19. The van der Waals surface area contributed by atoms with Crippen LogP contribution in [0.1, 0.15) is 23.9 Å². The van der Waals surface area contributed by atoms with E-state index in [0.29, 0.717) is 0 Å². The van der Waals surface area contributed by atoms with E-state index < -0.39 is 0 Å². The number of rotatable bonds is 5. The zero-order chi connectivity index (χ0) is 12.3. The lowest BCUT2D eigenvalue weighted by molar-refractivity contribution is 0.803. The smallest absolute Gasteiger partial charge is 0.203 e. The first-order valence-electron chi connectivity index (χ1n) is 5.69. The second-order valence-corrected chi connectivity index (χ2v) is 5.90. The third-order valence-electron chi connectivity index (χ3n) is 2.38. The normalized spacial score (nSPS) is 10.8. The van der Waals surface area contributed by atoms with Crippen LogP contribution in [0.2, 0.25) is 0 Å². The molecule has 0 fully saturated rings. The van der Waals surface area contributed by atoms with E-state index in [1.807, 2.05) is 6.92 Å². The molecule has 0 amide bonds. The van der Waals surface area contributed by atoms with Gasteiger partial charge in [-0.3, -0.25) is 0 Å². The van der Waals surface area contributed by atoms with Gasteiger partial charge in [0.25, 0.3) is 0 Å². The van der Waals surface area contributed by atoms with Gasteiger partial charge in [-0.15, -0.1) is 11.3 Å². The predicted octanol–water partition coefficient (Wildman–Crippen LogP) is 3.89. The maximum atomic E-state index is 4.50. The second-order valence-electron chi connectivity index (χ2n) is 3.99. The quantitative estimate of drug-likeness (QED) is 0.907. The summed E-state index contributed by atoms with van der Waals surface area (Å²) in [5.41, 5.74) is 1.05. The topological polar surface area (TPSA) is 29.9 Å². The highest BCUT2D eigenvalue weighted by Crippen LogP contribution is 2.22. The highest BCUT2D eigenvalue weighted by atomic mass is 79.9. The standard InChI is InChI=1S/C12H16BrN3S/c1-3-4-14-12-15-9(2)6-16(12)7-11-5-10(13)8-17-11/h5-6,8H,3-4,7H2,1-2H3,(H,14,15). The van der Waals surface area contributed by atoms with E-state index in [1.165, 1.54) is 4.88 Å². The Morgan fingerprint density at radius 2 is 2.35 bits per heavy atom. The number of aromatic nitrogens is 2. The number of nitrogens with zero attached hydrogens (tertiary/aromatic N) is 2. The molecule has 0 bridgehead atoms. The monoisotopic (exact) mass is 313 g/mol. The first kappa shape index (κ1) is 12.6. The van der Waals surface area contributed by atoms with Crippen molar-refractivity contribution in [2.24, 2.45) is 0 Å². The number of halogens is 1. The summed E-state index contributed by atoms with van der Waals surface area (Å²) < 4.78 is 3.32. The van der Waals surface area contributed by atoms with Gasteiger partial charge in [0.1, 0.15) is 0 Å². The van der Waals surface area contributed by atoms with Gasteiger partial charge in [0.05, 0.1) is 12.2 Å². The van der Waals surface area contributed by atoms with E-state index in [9.17, 15) is 0 Å². The fraction of sp³-hybridized carbons (Fsp3) is 0.417. The van der Waals surface area contributed by atoms with E-state index in [4.69, 9.17) is 0 Å². The van der Waals surface area contributed by atoms with E-state index in [-0.39, 0.29) is 0 Å². The molecule has 0 aliphatic carbocycles. The van der Waals surface area contributed by atoms with Crippen LogP contribution >= 0.6 is 27.3 Å². The lowest BCUT2D eigenvalue weighted by atomic mass is 10.4. The summed E-state index contributed by atoms with van der Waals surface area (Å²) in [5, 5.41) is 5.46. The van der Waals surface area contributed by atoms with Crippen molar-refractivity contribution in [3.05, 3.63) is 32.7 Å². The molecule has 0 aromatic carbocycles. The molecule has 3 nitrogen and oxygen atoms in total. The summed E-state index contributed by atoms with van der Waals surface area (Å²) in [6.45, 7) is 6.02. The molecule has 2 heterocycles. The molecular weight excluding hydrogens is 298 g/mol. The molecule has 92 valence electrons. The fourth-order valence-corrected chi connectivity index (χ4v) is 3.10. The maximum Gasteiger partial charge on any atom is 0.203 e. The maximum absolute atomic E-state index is 4.50. The van der Waals surface area contributed by atoms with E-state index >= 15 is 0 Å². The molecule has 2 rings (SSSR count). The van der Waals surface area contributed by atoms with Crippen LogP contribution in [-0.4, -0.2) is 16.1 Å². The Morgan fingerprint density at radius 1 is 1.53 bits per heavy atom. The summed E-state index contributed by atoms with van der Waals surface area (Å²) in [5.74, 6) is 0.967. The Hall–Kier alpha value is -0.810. The number of nitrogens with one attached hydrogen (secondary N) is 1. The minimum atomic E-state index is 0.878. The zero-order valence-corrected chi connectivity index (χ0v) is 12.4. The van der Waals surface area contributed by atoms with Crippen LogP contribution in [0.3, 0.4) is 0 Å². The fourth-order valence-electron chi connectivity index (χ4n) is 1.65. The van der Waals surface area contributed by atoms with Gasteiger partial charge in [0, 0.05) is 27.5 Å². The Bertz CT molecular complexity index is 490. The highest BCUT2D eigenvalue weighted by Gasteiger charge is 2.06. The molecule has 0 radical (unpaired) electrons. The van der Waals surface area contributed by atoms with Gasteiger partial charge in [-0.25, -0.2) is 4.98 Å². The molecule has 0 aliphatic rings. The van der Waals surface area contributed by atoms with E-state index in [0.717, 1.165) is 35.6 Å². The van der Waals surface area contributed by atoms with Crippen molar-refractivity contribution in [2.45, 2.75) is 26.8 Å². The van der Waals surface area contributed by atoms with Crippen molar-refractivity contribution >= 4 is 33.2 Å². The van der Waals surface area contributed by atoms with Crippen LogP contribution in [-0.2, 0) is 6.54 Å². The molecule has 0 saturated carbocycles. The molecule has 5 heteroatoms. The first-order valence-corrected chi connectivity index (χ1v) is 7.37. The summed E-state index contributed by atoms with van der Waals surface area (Å²) in [6.07, 6.45) is 3.20. The van der Waals surface area contributed by atoms with Gasteiger partial charge < -0.3 is 9.88 Å².